The lowest BCUT2D eigenvalue weighted by atomic mass is 9.95. The van der Waals surface area contributed by atoms with E-state index < -0.39 is 34.9 Å². The van der Waals surface area contributed by atoms with Gasteiger partial charge in [-0.25, -0.2) is 4.79 Å². The van der Waals surface area contributed by atoms with Crippen LogP contribution in [0.2, 0.25) is 0 Å². The average molecular weight is 337 g/mol. The second kappa shape index (κ2) is 5.75. The zero-order chi connectivity index (χ0) is 17.5. The third-order valence-electron chi connectivity index (χ3n) is 4.38. The molecule has 2 fully saturated rings. The van der Waals surface area contributed by atoms with Crippen molar-refractivity contribution in [2.75, 3.05) is 13.2 Å². The van der Waals surface area contributed by atoms with Crippen molar-refractivity contribution in [3.63, 3.8) is 0 Å². The number of H-pyrrole nitrogens is 1. The fourth-order valence-electron chi connectivity index (χ4n) is 2.92. The van der Waals surface area contributed by atoms with Crippen LogP contribution >= 0.6 is 0 Å². The Morgan fingerprint density at radius 3 is 2.67 bits per heavy atom. The molecule has 24 heavy (non-hydrogen) atoms. The first-order valence-electron chi connectivity index (χ1n) is 7.58. The van der Waals surface area contributed by atoms with Gasteiger partial charge in [-0.1, -0.05) is 5.11 Å². The molecule has 2 saturated heterocycles. The van der Waals surface area contributed by atoms with E-state index in [-0.39, 0.29) is 19.6 Å². The second-order valence-corrected chi connectivity index (χ2v) is 6.55. The third-order valence-corrected chi connectivity index (χ3v) is 4.38. The first-order valence-corrected chi connectivity index (χ1v) is 7.58. The van der Waals surface area contributed by atoms with E-state index in [0.717, 1.165) is 0 Å². The van der Waals surface area contributed by atoms with E-state index in [0.29, 0.717) is 5.56 Å². The summed E-state index contributed by atoms with van der Waals surface area (Å²) in [6.07, 6.45) is 1.03. The molecule has 0 bridgehead atoms. The molecule has 1 aromatic rings. The minimum absolute atomic E-state index is 0.178. The zero-order valence-electron chi connectivity index (χ0n) is 13.7. The van der Waals surface area contributed by atoms with Gasteiger partial charge in [-0.05, 0) is 26.3 Å². The highest BCUT2D eigenvalue weighted by Crippen LogP contribution is 2.42. The Kier molecular flexibility index (Phi) is 4.00. The minimum Gasteiger partial charge on any atom is -0.347 e. The number of azide groups is 1. The number of rotatable bonds is 2. The van der Waals surface area contributed by atoms with Gasteiger partial charge < -0.3 is 14.2 Å². The molecule has 0 amide bonds. The lowest BCUT2D eigenvalue weighted by molar-refractivity contribution is -0.311. The van der Waals surface area contributed by atoms with Gasteiger partial charge in [0.05, 0.1) is 19.3 Å². The Bertz CT molecular complexity index is 797. The molecule has 10 nitrogen and oxygen atoms in total. The van der Waals surface area contributed by atoms with Gasteiger partial charge in [0.1, 0.15) is 11.8 Å². The van der Waals surface area contributed by atoms with Crippen LogP contribution in [0.4, 0.5) is 0 Å². The van der Waals surface area contributed by atoms with Gasteiger partial charge in [-0.3, -0.25) is 14.3 Å². The molecule has 1 N–H and O–H groups in total. The number of aromatic amines is 1. The molecule has 10 heteroatoms. The highest BCUT2D eigenvalue weighted by atomic mass is 16.7. The molecule has 1 aromatic heterocycles. The van der Waals surface area contributed by atoms with Crippen molar-refractivity contribution in [1.29, 1.82) is 0 Å². The molecular formula is C14H19N5O5. The number of nitrogens with zero attached hydrogens (tertiary/aromatic N) is 4. The maximum Gasteiger partial charge on any atom is 0.330 e. The van der Waals surface area contributed by atoms with Gasteiger partial charge in [0.2, 0.25) is 0 Å². The second-order valence-electron chi connectivity index (χ2n) is 6.55. The minimum atomic E-state index is -0.962. The fourth-order valence-corrected chi connectivity index (χ4v) is 2.92. The number of hydrogen-bond donors (Lipinski definition) is 1. The standard InChI is InChI=1S/C14H19N5O5/c1-8-5-19(12(21)16-11(8)20)10-4-9(17-18-15)14(24-10)6-22-13(2,3)23-7-14/h5,9-10H,4,6-7H2,1-3H3,(H,16,20,21)/t9-,10+/m0/s1. The van der Waals surface area contributed by atoms with Crippen molar-refractivity contribution in [3.05, 3.63) is 43.0 Å². The van der Waals surface area contributed by atoms with Crippen LogP contribution in [0.15, 0.2) is 20.9 Å². The zero-order valence-corrected chi connectivity index (χ0v) is 13.7. The van der Waals surface area contributed by atoms with Crippen LogP contribution < -0.4 is 11.2 Å². The summed E-state index contributed by atoms with van der Waals surface area (Å²) in [5, 5.41) is 3.80. The molecule has 0 unspecified atom stereocenters. The van der Waals surface area contributed by atoms with E-state index in [1.165, 1.54) is 10.8 Å². The van der Waals surface area contributed by atoms with E-state index in [4.69, 9.17) is 19.7 Å². The molecule has 3 rings (SSSR count). The van der Waals surface area contributed by atoms with Gasteiger partial charge in [0.25, 0.3) is 5.56 Å². The maximum absolute atomic E-state index is 12.1. The predicted octanol–water partition coefficient (Wildman–Crippen LogP) is 0.965. The van der Waals surface area contributed by atoms with Crippen LogP contribution in [-0.2, 0) is 14.2 Å². The van der Waals surface area contributed by atoms with Gasteiger partial charge in [-0.2, -0.15) is 0 Å². The summed E-state index contributed by atoms with van der Waals surface area (Å²) in [4.78, 5) is 28.7. The number of aryl methyl sites for hydroxylation is 1. The number of hydrogen-bond acceptors (Lipinski definition) is 6. The normalized spacial score (nSPS) is 27.8. The Morgan fingerprint density at radius 1 is 1.38 bits per heavy atom. The molecule has 2 aliphatic rings. The van der Waals surface area contributed by atoms with Crippen molar-refractivity contribution in [2.24, 2.45) is 5.11 Å². The smallest absolute Gasteiger partial charge is 0.330 e. The molecule has 1 spiro atoms. The fraction of sp³-hybridized carbons (Fsp3) is 0.714. The maximum atomic E-state index is 12.1. The number of nitrogens with one attached hydrogen (secondary N) is 1. The van der Waals surface area contributed by atoms with Gasteiger partial charge in [0.15, 0.2) is 5.79 Å². The highest BCUT2D eigenvalue weighted by molar-refractivity contribution is 5.06. The van der Waals surface area contributed by atoms with Crippen LogP contribution in [0.25, 0.3) is 10.4 Å². The van der Waals surface area contributed by atoms with Crippen LogP contribution in [0.1, 0.15) is 32.1 Å². The van der Waals surface area contributed by atoms with Crippen molar-refractivity contribution >= 4 is 0 Å². The highest BCUT2D eigenvalue weighted by Gasteiger charge is 2.53. The van der Waals surface area contributed by atoms with Crippen molar-refractivity contribution in [3.8, 4) is 0 Å². The molecule has 130 valence electrons. The summed E-state index contributed by atoms with van der Waals surface area (Å²) in [5.41, 5.74) is 7.24. The van der Waals surface area contributed by atoms with Crippen LogP contribution in [-0.4, -0.2) is 40.2 Å². The van der Waals surface area contributed by atoms with Gasteiger partial charge in [-0.15, -0.1) is 0 Å². The summed E-state index contributed by atoms with van der Waals surface area (Å²) in [6.45, 7) is 5.52. The van der Waals surface area contributed by atoms with Gasteiger partial charge in [0, 0.05) is 23.1 Å². The molecular weight excluding hydrogens is 318 g/mol. The monoisotopic (exact) mass is 337 g/mol. The van der Waals surface area contributed by atoms with Crippen LogP contribution in [0.5, 0.6) is 0 Å². The van der Waals surface area contributed by atoms with Crippen molar-refractivity contribution in [2.45, 2.75) is 50.8 Å². The quantitative estimate of drug-likeness (QED) is 0.488. The predicted molar refractivity (Wildman–Crippen MR) is 82.4 cm³/mol. The Labute approximate surface area is 137 Å². The summed E-state index contributed by atoms with van der Waals surface area (Å²) in [7, 11) is 0. The van der Waals surface area contributed by atoms with E-state index >= 15 is 0 Å². The lowest BCUT2D eigenvalue weighted by Crippen LogP contribution is -2.55. The molecule has 0 saturated carbocycles. The summed E-state index contributed by atoms with van der Waals surface area (Å²) in [5.74, 6) is -0.751. The Hall–Kier alpha value is -2.13. The summed E-state index contributed by atoms with van der Waals surface area (Å²) < 4.78 is 18.7. The average Bonchev–Trinajstić information content (AvgIpc) is 2.86. The molecule has 2 atom stereocenters. The van der Waals surface area contributed by atoms with E-state index in [1.807, 2.05) is 0 Å². The first kappa shape index (κ1) is 16.7. The van der Waals surface area contributed by atoms with Gasteiger partial charge >= 0.3 is 5.69 Å². The Morgan fingerprint density at radius 2 is 2.04 bits per heavy atom. The Balaban J connectivity index is 1.94. The van der Waals surface area contributed by atoms with Crippen molar-refractivity contribution in [1.82, 2.24) is 9.55 Å². The van der Waals surface area contributed by atoms with Crippen molar-refractivity contribution < 1.29 is 14.2 Å². The molecule has 3 heterocycles. The number of aromatic nitrogens is 2. The lowest BCUT2D eigenvalue weighted by Gasteiger charge is -2.42. The molecule has 0 aliphatic carbocycles. The van der Waals surface area contributed by atoms with E-state index in [9.17, 15) is 9.59 Å². The number of ether oxygens (including phenoxy) is 3. The summed E-state index contributed by atoms with van der Waals surface area (Å²) >= 11 is 0. The largest absolute Gasteiger partial charge is 0.347 e. The molecule has 2 aliphatic heterocycles. The van der Waals surface area contributed by atoms with E-state index in [1.54, 1.807) is 20.8 Å². The van der Waals surface area contributed by atoms with Crippen LogP contribution in [0.3, 0.4) is 0 Å². The molecule has 0 aromatic carbocycles. The summed E-state index contributed by atoms with van der Waals surface area (Å²) in [6, 6.07) is -0.553. The molecule has 0 radical (unpaired) electrons. The first-order chi connectivity index (χ1) is 11.3. The third kappa shape index (κ3) is 2.84. The topological polar surface area (TPSA) is 131 Å². The SMILES string of the molecule is Cc1cn([C@H]2C[C@H](N=[N+]=[N-])C3(COC(C)(C)OC3)O2)c(=O)[nH]c1=O. The van der Waals surface area contributed by atoms with Crippen LogP contribution in [0, 0.1) is 6.92 Å². The van der Waals surface area contributed by atoms with E-state index in [2.05, 4.69) is 15.0 Å².